The lowest BCUT2D eigenvalue weighted by molar-refractivity contribution is 0.657. The molecule has 2 nitrogen and oxygen atoms in total. The second-order valence-corrected chi connectivity index (χ2v) is 14.0. The van der Waals surface area contributed by atoms with E-state index in [1.165, 1.54) is 64.0 Å². The zero-order valence-electron chi connectivity index (χ0n) is 25.5. The number of rotatable bonds is 3. The van der Waals surface area contributed by atoms with Gasteiger partial charge in [-0.3, -0.25) is 0 Å². The molecular formula is C43H29NOS. The number of furan rings is 1. The smallest absolute Gasteiger partial charge is 0.144 e. The van der Waals surface area contributed by atoms with Gasteiger partial charge in [-0.05, 0) is 76.0 Å². The molecular weight excluding hydrogens is 579 g/mol. The van der Waals surface area contributed by atoms with Crippen LogP contribution in [0.25, 0.3) is 64.0 Å². The number of hydrogen-bond donors (Lipinski definition) is 0. The van der Waals surface area contributed by atoms with Crippen molar-refractivity contribution in [1.82, 2.24) is 0 Å². The minimum Gasteiger partial charge on any atom is -0.455 e. The molecule has 7 aromatic carbocycles. The molecule has 0 saturated heterocycles. The summed E-state index contributed by atoms with van der Waals surface area (Å²) in [5, 5.41) is 7.55. The van der Waals surface area contributed by atoms with Crippen molar-refractivity contribution in [1.29, 1.82) is 0 Å². The molecule has 1 aliphatic carbocycles. The normalized spacial score (nSPS) is 13.6. The van der Waals surface area contributed by atoms with Gasteiger partial charge in [0.25, 0.3) is 0 Å². The molecule has 2 aromatic heterocycles. The van der Waals surface area contributed by atoms with E-state index < -0.39 is 0 Å². The van der Waals surface area contributed by atoms with E-state index in [1.54, 1.807) is 0 Å². The molecule has 0 spiro atoms. The number of hydrogen-bond acceptors (Lipinski definition) is 3. The quantitative estimate of drug-likeness (QED) is 0.199. The predicted molar refractivity (Wildman–Crippen MR) is 196 cm³/mol. The van der Waals surface area contributed by atoms with Crippen molar-refractivity contribution in [2.24, 2.45) is 0 Å². The summed E-state index contributed by atoms with van der Waals surface area (Å²) in [7, 11) is 0. The number of fused-ring (bicyclic) bond motifs is 13. The van der Waals surface area contributed by atoms with Crippen molar-refractivity contribution in [3.8, 4) is 11.1 Å². The number of nitrogens with zero attached hydrogens (tertiary/aromatic N) is 1. The maximum absolute atomic E-state index is 6.79. The van der Waals surface area contributed by atoms with Gasteiger partial charge in [0.05, 0.1) is 0 Å². The average molecular weight is 608 g/mol. The summed E-state index contributed by atoms with van der Waals surface area (Å²) in [5.74, 6) is 0. The van der Waals surface area contributed by atoms with Gasteiger partial charge in [0.2, 0.25) is 0 Å². The highest BCUT2D eigenvalue weighted by Crippen LogP contribution is 2.57. The van der Waals surface area contributed by atoms with Crippen LogP contribution in [0.2, 0.25) is 0 Å². The lowest BCUT2D eigenvalue weighted by Crippen LogP contribution is -2.16. The van der Waals surface area contributed by atoms with Gasteiger partial charge in [0.15, 0.2) is 0 Å². The number of anilines is 3. The Hall–Kier alpha value is -5.38. The van der Waals surface area contributed by atoms with Gasteiger partial charge in [0.1, 0.15) is 11.2 Å². The Balaban J connectivity index is 1.26. The number of thiophene rings is 1. The lowest BCUT2D eigenvalue weighted by atomic mass is 9.79. The lowest BCUT2D eigenvalue weighted by Gasteiger charge is -2.27. The van der Waals surface area contributed by atoms with E-state index in [2.05, 4.69) is 158 Å². The Kier molecular flexibility index (Phi) is 5.25. The number of benzene rings is 7. The molecule has 46 heavy (non-hydrogen) atoms. The first-order valence-corrected chi connectivity index (χ1v) is 16.7. The predicted octanol–water partition coefficient (Wildman–Crippen LogP) is 12.9. The highest BCUT2D eigenvalue weighted by molar-refractivity contribution is 7.25. The molecule has 0 unspecified atom stereocenters. The summed E-state index contributed by atoms with van der Waals surface area (Å²) >= 11 is 1.86. The fourth-order valence-electron chi connectivity index (χ4n) is 8.00. The van der Waals surface area contributed by atoms with E-state index in [9.17, 15) is 0 Å². The molecule has 0 saturated carbocycles. The summed E-state index contributed by atoms with van der Waals surface area (Å²) in [6.45, 7) is 4.73. The van der Waals surface area contributed by atoms with E-state index in [1.807, 2.05) is 11.3 Å². The second kappa shape index (κ2) is 9.32. The highest BCUT2D eigenvalue weighted by atomic mass is 32.1. The van der Waals surface area contributed by atoms with Gasteiger partial charge in [-0.2, -0.15) is 0 Å². The van der Waals surface area contributed by atoms with Gasteiger partial charge < -0.3 is 9.32 Å². The van der Waals surface area contributed by atoms with Crippen LogP contribution in [0, 0.1) is 0 Å². The van der Waals surface area contributed by atoms with Crippen LogP contribution in [0.15, 0.2) is 144 Å². The summed E-state index contributed by atoms with van der Waals surface area (Å²) in [6, 6.07) is 50.7. The van der Waals surface area contributed by atoms with Gasteiger partial charge in [-0.15, -0.1) is 11.3 Å². The van der Waals surface area contributed by atoms with E-state index >= 15 is 0 Å². The second-order valence-electron chi connectivity index (χ2n) is 12.9. The van der Waals surface area contributed by atoms with Crippen LogP contribution in [-0.2, 0) is 5.41 Å². The molecule has 9 aromatic rings. The van der Waals surface area contributed by atoms with Crippen LogP contribution in [-0.4, -0.2) is 0 Å². The fraction of sp³-hybridized carbons (Fsp3) is 0.0698. The van der Waals surface area contributed by atoms with E-state index in [-0.39, 0.29) is 5.41 Å². The minimum absolute atomic E-state index is 0.191. The molecule has 0 N–H and O–H groups in total. The van der Waals surface area contributed by atoms with Crippen LogP contribution in [0.3, 0.4) is 0 Å². The summed E-state index contributed by atoms with van der Waals surface area (Å²) in [4.78, 5) is 2.39. The molecule has 218 valence electrons. The van der Waals surface area contributed by atoms with Crippen LogP contribution in [0.1, 0.15) is 25.0 Å². The monoisotopic (exact) mass is 607 g/mol. The summed E-state index contributed by atoms with van der Waals surface area (Å²) < 4.78 is 9.40. The molecule has 10 rings (SSSR count). The van der Waals surface area contributed by atoms with Gasteiger partial charge in [-0.25, -0.2) is 0 Å². The first-order chi connectivity index (χ1) is 22.6. The minimum atomic E-state index is -0.191. The molecule has 0 fully saturated rings. The highest BCUT2D eigenvalue weighted by Gasteiger charge is 2.40. The molecule has 0 radical (unpaired) electrons. The Morgan fingerprint density at radius 1 is 0.543 bits per heavy atom. The Morgan fingerprint density at radius 2 is 1.20 bits per heavy atom. The maximum atomic E-state index is 6.79. The molecule has 0 atom stereocenters. The third-order valence-electron chi connectivity index (χ3n) is 10.0. The largest absolute Gasteiger partial charge is 0.455 e. The van der Waals surface area contributed by atoms with E-state index in [0.29, 0.717) is 0 Å². The standard InChI is InChI=1S/C43H29NOS/c1-43(2)35-23-21-27(44(26-12-4-3-5-13-26)28-20-22-30-29-14-9-11-19-37(29)46-38(30)25-28)24-34(35)40-41(43)32-16-7-6-15-31(32)39-33-17-8-10-18-36(33)45-42(39)40/h3-25H,1-2H3. The van der Waals surface area contributed by atoms with E-state index in [4.69, 9.17) is 4.42 Å². The Labute approximate surface area is 270 Å². The van der Waals surface area contributed by atoms with Crippen LogP contribution in [0.4, 0.5) is 17.1 Å². The van der Waals surface area contributed by atoms with Gasteiger partial charge >= 0.3 is 0 Å². The Morgan fingerprint density at radius 3 is 2.04 bits per heavy atom. The zero-order valence-corrected chi connectivity index (χ0v) is 26.4. The summed E-state index contributed by atoms with van der Waals surface area (Å²) in [5.41, 5.74) is 10.3. The first-order valence-electron chi connectivity index (χ1n) is 15.9. The van der Waals surface area contributed by atoms with Crippen molar-refractivity contribution in [3.63, 3.8) is 0 Å². The third-order valence-corrected chi connectivity index (χ3v) is 11.1. The molecule has 2 heterocycles. The number of para-hydroxylation sites is 2. The van der Waals surface area contributed by atoms with Crippen molar-refractivity contribution < 1.29 is 4.42 Å². The SMILES string of the molecule is CC1(C)c2ccc(N(c3ccccc3)c3ccc4c(c3)sc3ccccc34)cc2-c2c1c1ccccc1c1c2oc2ccccc21. The first kappa shape index (κ1) is 25.9. The molecule has 1 aliphatic rings. The maximum Gasteiger partial charge on any atom is 0.144 e. The topological polar surface area (TPSA) is 16.4 Å². The van der Waals surface area contributed by atoms with Crippen molar-refractivity contribution in [2.75, 3.05) is 4.90 Å². The van der Waals surface area contributed by atoms with Gasteiger partial charge in [-0.1, -0.05) is 105 Å². The van der Waals surface area contributed by atoms with Crippen LogP contribution in [0.5, 0.6) is 0 Å². The molecule has 0 bridgehead atoms. The summed E-state index contributed by atoms with van der Waals surface area (Å²) in [6.07, 6.45) is 0. The van der Waals surface area contributed by atoms with E-state index in [0.717, 1.165) is 28.2 Å². The fourth-order valence-corrected chi connectivity index (χ4v) is 9.14. The average Bonchev–Trinajstić information content (AvgIpc) is 3.73. The van der Waals surface area contributed by atoms with Crippen LogP contribution < -0.4 is 4.90 Å². The molecule has 3 heteroatoms. The van der Waals surface area contributed by atoms with Gasteiger partial charge in [0, 0.05) is 59.0 Å². The third kappa shape index (κ3) is 3.46. The van der Waals surface area contributed by atoms with Crippen molar-refractivity contribution in [3.05, 3.63) is 151 Å². The molecule has 0 amide bonds. The van der Waals surface area contributed by atoms with Crippen molar-refractivity contribution >= 4 is 81.3 Å². The Bertz CT molecular complexity index is 2680. The molecule has 0 aliphatic heterocycles. The van der Waals surface area contributed by atoms with Crippen LogP contribution >= 0.6 is 11.3 Å². The zero-order chi connectivity index (χ0) is 30.6. The van der Waals surface area contributed by atoms with Crippen molar-refractivity contribution in [2.45, 2.75) is 19.3 Å².